The van der Waals surface area contributed by atoms with Crippen LogP contribution in [0.2, 0.25) is 0 Å². The number of hydrogen-bond donors (Lipinski definition) is 3. The van der Waals surface area contributed by atoms with Gasteiger partial charge in [-0.2, -0.15) is 0 Å². The van der Waals surface area contributed by atoms with E-state index in [1.165, 1.54) is 12.0 Å². The SMILES string of the molecule is CO[C@H]1C[C@@H]2CC[C@@H](C)[C@@](O)(O2)C(=O)C(=O)N2CCCC[C@H]2C(=O)O[C@H](C(C)C[C@H]2CC[C@@H](O)[C@H](OC)C2)CC(=O)[C@H](C)/C=C(\C)[C@@H](O)[C@@H](OC)C(=O)[C@H](C)C[C@H](C)\C=C/C=C/C=C/1C. The lowest BCUT2D eigenvalue weighted by Gasteiger charge is -2.42. The minimum Gasteiger partial charge on any atom is -0.460 e. The van der Waals surface area contributed by atoms with Crippen molar-refractivity contribution < 1.29 is 63.0 Å². The highest BCUT2D eigenvalue weighted by atomic mass is 16.6. The molecule has 14 heteroatoms. The van der Waals surface area contributed by atoms with Gasteiger partial charge in [-0.15, -0.1) is 0 Å². The zero-order chi connectivity index (χ0) is 48.2. The van der Waals surface area contributed by atoms with Crippen molar-refractivity contribution >= 4 is 29.2 Å². The number of carbonyl (C=O) groups is 5. The summed E-state index contributed by atoms with van der Waals surface area (Å²) in [7, 11) is 4.52. The molecular formula is C51H79NO13. The van der Waals surface area contributed by atoms with Gasteiger partial charge in [0.25, 0.3) is 11.7 Å². The Morgan fingerprint density at radius 1 is 0.846 bits per heavy atom. The van der Waals surface area contributed by atoms with Gasteiger partial charge in [0.1, 0.15) is 30.1 Å². The summed E-state index contributed by atoms with van der Waals surface area (Å²) < 4.78 is 29.4. The Bertz CT molecular complexity index is 1760. The molecule has 2 saturated heterocycles. The lowest BCUT2D eigenvalue weighted by Crippen LogP contribution is -2.61. The minimum absolute atomic E-state index is 0.0193. The standard InChI is InChI=1S/C51H79NO13/c1-30-16-12-11-13-17-31(2)42(61-8)28-38-21-19-36(7)51(60,65-38)48(57)49(58)52-23-15-14-18-39(52)50(59)64-43(33(4)26-37-20-22-40(53)44(27-37)62-9)29-41(54)32(3)25-35(6)46(56)47(63-10)45(55)34(5)24-30/h11-13,16-17,25,30,32-34,36-40,42-44,46-47,53,56,60H,14-15,18-24,26-29H2,1-10H3/b13-11+,16-12-,31-17+,35-25+/t30-,32-,33?,34-,36-,37-,38+,39+,40-,42+,43+,44-,46-,47+,51-/m1/s1. The summed E-state index contributed by atoms with van der Waals surface area (Å²) >= 11 is 0. The van der Waals surface area contributed by atoms with E-state index in [-0.39, 0.29) is 54.8 Å². The van der Waals surface area contributed by atoms with Gasteiger partial charge in [-0.3, -0.25) is 19.2 Å². The fourth-order valence-electron chi connectivity index (χ4n) is 10.1. The largest absolute Gasteiger partial charge is 0.460 e. The van der Waals surface area contributed by atoms with Crippen molar-refractivity contribution in [1.82, 2.24) is 4.90 Å². The second-order valence-electron chi connectivity index (χ2n) is 19.6. The highest BCUT2D eigenvalue weighted by Gasteiger charge is 2.53. The van der Waals surface area contributed by atoms with E-state index >= 15 is 0 Å². The lowest BCUT2D eigenvalue weighted by atomic mass is 9.78. The number of hydrogen-bond acceptors (Lipinski definition) is 13. The maximum Gasteiger partial charge on any atom is 0.329 e. The van der Waals surface area contributed by atoms with E-state index in [1.807, 2.05) is 58.1 Å². The summed E-state index contributed by atoms with van der Waals surface area (Å²) in [6.45, 7) is 12.7. The van der Waals surface area contributed by atoms with Crippen molar-refractivity contribution in [3.8, 4) is 0 Å². The molecule has 65 heavy (non-hydrogen) atoms. The van der Waals surface area contributed by atoms with Crippen molar-refractivity contribution in [2.75, 3.05) is 27.9 Å². The summed E-state index contributed by atoms with van der Waals surface area (Å²) in [6, 6.07) is -1.14. The van der Waals surface area contributed by atoms with Gasteiger partial charge in [0.15, 0.2) is 5.78 Å². The van der Waals surface area contributed by atoms with Crippen LogP contribution in [0.3, 0.4) is 0 Å². The first-order chi connectivity index (χ1) is 30.7. The number of piperidine rings is 1. The first kappa shape index (κ1) is 54.2. The van der Waals surface area contributed by atoms with Gasteiger partial charge in [-0.05, 0) is 107 Å². The predicted octanol–water partition coefficient (Wildman–Crippen LogP) is 6.18. The smallest absolute Gasteiger partial charge is 0.329 e. The molecule has 1 amide bonds. The monoisotopic (exact) mass is 914 g/mol. The molecule has 0 aromatic carbocycles. The van der Waals surface area contributed by atoms with Crippen LogP contribution in [-0.4, -0.2) is 132 Å². The maximum atomic E-state index is 14.4. The molecule has 3 fully saturated rings. The Hall–Kier alpha value is -3.37. The van der Waals surface area contributed by atoms with Crippen LogP contribution in [0, 0.1) is 35.5 Å². The third-order valence-electron chi connectivity index (χ3n) is 14.5. The molecule has 2 bridgehead atoms. The number of nitrogens with zero attached hydrogens (tertiary/aromatic N) is 1. The molecule has 0 aromatic heterocycles. The number of allylic oxidation sites excluding steroid dienone is 6. The van der Waals surface area contributed by atoms with Crippen LogP contribution in [0.25, 0.3) is 0 Å². The zero-order valence-electron chi connectivity index (χ0n) is 40.6. The Morgan fingerprint density at radius 2 is 1.57 bits per heavy atom. The van der Waals surface area contributed by atoms with E-state index in [2.05, 4.69) is 0 Å². The van der Waals surface area contributed by atoms with Gasteiger partial charge < -0.3 is 43.9 Å². The Morgan fingerprint density at radius 3 is 2.25 bits per heavy atom. The summed E-state index contributed by atoms with van der Waals surface area (Å²) in [5.41, 5.74) is 1.27. The first-order valence-electron chi connectivity index (χ1n) is 23.9. The Balaban J connectivity index is 1.70. The van der Waals surface area contributed by atoms with Crippen LogP contribution in [0.5, 0.6) is 0 Å². The van der Waals surface area contributed by atoms with Gasteiger partial charge in [0.2, 0.25) is 5.79 Å². The molecule has 4 rings (SSSR count). The van der Waals surface area contributed by atoms with E-state index in [0.29, 0.717) is 63.4 Å². The predicted molar refractivity (Wildman–Crippen MR) is 245 cm³/mol. The van der Waals surface area contributed by atoms with Gasteiger partial charge >= 0.3 is 5.97 Å². The second-order valence-corrected chi connectivity index (χ2v) is 19.6. The first-order valence-corrected chi connectivity index (χ1v) is 23.9. The van der Waals surface area contributed by atoms with Crippen molar-refractivity contribution in [3.05, 3.63) is 47.6 Å². The van der Waals surface area contributed by atoms with Crippen molar-refractivity contribution in [2.45, 2.75) is 180 Å². The summed E-state index contributed by atoms with van der Waals surface area (Å²) in [5, 5.41) is 33.8. The van der Waals surface area contributed by atoms with Crippen LogP contribution in [0.4, 0.5) is 0 Å². The fraction of sp³-hybridized carbons (Fsp3) is 0.745. The van der Waals surface area contributed by atoms with E-state index < -0.39 is 83.9 Å². The number of rotatable bonds is 6. The highest BCUT2D eigenvalue weighted by molar-refractivity contribution is 6.39. The molecule has 0 radical (unpaired) electrons. The average molecular weight is 914 g/mol. The average Bonchev–Trinajstić information content (AvgIpc) is 3.28. The molecule has 3 N–H and O–H groups in total. The molecule has 3 heterocycles. The molecule has 366 valence electrons. The van der Waals surface area contributed by atoms with Crippen LogP contribution >= 0.6 is 0 Å². The topological polar surface area (TPSA) is 195 Å². The number of esters is 1. The van der Waals surface area contributed by atoms with Crippen LogP contribution in [0.1, 0.15) is 126 Å². The molecular weight excluding hydrogens is 835 g/mol. The van der Waals surface area contributed by atoms with Crippen molar-refractivity contribution in [3.63, 3.8) is 0 Å². The van der Waals surface area contributed by atoms with E-state index in [9.17, 15) is 39.3 Å². The Kier molecular flexibility index (Phi) is 21.0. The molecule has 1 saturated carbocycles. The summed E-state index contributed by atoms with van der Waals surface area (Å²) in [4.78, 5) is 71.8. The number of Topliss-reactive ketones (excluding diaryl/α,β-unsaturated/α-hetero) is 3. The number of aliphatic hydroxyl groups is 3. The van der Waals surface area contributed by atoms with Gasteiger partial charge in [-0.25, -0.2) is 4.79 Å². The second kappa shape index (κ2) is 25.1. The van der Waals surface area contributed by atoms with E-state index in [1.54, 1.807) is 41.1 Å². The van der Waals surface area contributed by atoms with Crippen LogP contribution < -0.4 is 0 Å². The van der Waals surface area contributed by atoms with Gasteiger partial charge in [0, 0.05) is 58.5 Å². The third kappa shape index (κ3) is 14.3. The molecule has 1 unspecified atom stereocenters. The Labute approximate surface area is 387 Å². The number of amides is 1. The van der Waals surface area contributed by atoms with E-state index in [0.717, 1.165) is 12.0 Å². The van der Waals surface area contributed by atoms with Crippen LogP contribution in [-0.2, 0) is 47.7 Å². The maximum absolute atomic E-state index is 14.4. The molecule has 15 atom stereocenters. The normalized spacial score (nSPS) is 40.4. The molecule has 4 aliphatic rings. The zero-order valence-corrected chi connectivity index (χ0v) is 40.6. The summed E-state index contributed by atoms with van der Waals surface area (Å²) in [5.74, 6) is -7.96. The summed E-state index contributed by atoms with van der Waals surface area (Å²) in [6.07, 6.45) is 11.2. The van der Waals surface area contributed by atoms with Crippen molar-refractivity contribution in [1.29, 1.82) is 0 Å². The molecule has 14 nitrogen and oxygen atoms in total. The fourth-order valence-corrected chi connectivity index (χ4v) is 10.1. The molecule has 3 aliphatic heterocycles. The van der Waals surface area contributed by atoms with Crippen molar-refractivity contribution in [2.24, 2.45) is 35.5 Å². The number of aliphatic hydroxyl groups excluding tert-OH is 2. The molecule has 1 aliphatic carbocycles. The lowest BCUT2D eigenvalue weighted by molar-refractivity contribution is -0.265. The number of fused-ring (bicyclic) bond motifs is 3. The van der Waals surface area contributed by atoms with E-state index in [4.69, 9.17) is 23.7 Å². The number of carbonyl (C=O) groups excluding carboxylic acids is 5. The number of ether oxygens (including phenoxy) is 5. The van der Waals surface area contributed by atoms with Gasteiger partial charge in [0.05, 0.1) is 24.4 Å². The number of cyclic esters (lactones) is 1. The number of methoxy groups -OCH3 is 3. The third-order valence-corrected chi connectivity index (χ3v) is 14.5. The van der Waals surface area contributed by atoms with Gasteiger partial charge in [-0.1, -0.05) is 71.1 Å². The highest BCUT2D eigenvalue weighted by Crippen LogP contribution is 2.38. The van der Waals surface area contributed by atoms with Crippen LogP contribution in [0.15, 0.2) is 47.6 Å². The molecule has 0 aromatic rings. The quantitative estimate of drug-likeness (QED) is 0.156. The number of ketones is 3. The minimum atomic E-state index is -2.43. The molecule has 0 spiro atoms.